The van der Waals surface area contributed by atoms with E-state index in [2.05, 4.69) is 41.3 Å². The number of aryl methyl sites for hydroxylation is 3. The molecule has 2 heterocycles. The molecule has 1 aromatic carbocycles. The normalized spacial score (nSPS) is 18.4. The van der Waals surface area contributed by atoms with Gasteiger partial charge >= 0.3 is 0 Å². The Kier molecular flexibility index (Phi) is 4.18. The van der Waals surface area contributed by atoms with E-state index < -0.39 is 0 Å². The van der Waals surface area contributed by atoms with Crippen LogP contribution >= 0.6 is 0 Å². The molecular weight excluding hydrogens is 350 g/mol. The van der Waals surface area contributed by atoms with Crippen molar-refractivity contribution in [3.63, 3.8) is 0 Å². The fourth-order valence-electron chi connectivity index (χ4n) is 4.50. The van der Waals surface area contributed by atoms with E-state index in [-0.39, 0.29) is 12.4 Å². The van der Waals surface area contributed by atoms with Crippen molar-refractivity contribution in [1.29, 1.82) is 0 Å². The number of carbonyl (C=O) groups excluding carboxylic acids is 1. The van der Waals surface area contributed by atoms with Crippen LogP contribution in [0.1, 0.15) is 59.9 Å². The van der Waals surface area contributed by atoms with E-state index in [1.165, 1.54) is 24.0 Å². The fraction of sp³-hybridized carbons (Fsp3) is 0.435. The number of hydrogen-bond acceptors (Lipinski definition) is 4. The topological polar surface area (TPSA) is 57.0 Å². The molecule has 0 saturated heterocycles. The van der Waals surface area contributed by atoms with E-state index in [1.807, 2.05) is 17.8 Å². The first-order valence-corrected chi connectivity index (χ1v) is 10.2. The van der Waals surface area contributed by atoms with Gasteiger partial charge in [0, 0.05) is 30.8 Å². The average Bonchev–Trinajstić information content (AvgIpc) is 3.38. The van der Waals surface area contributed by atoms with Gasteiger partial charge in [0.25, 0.3) is 0 Å². The summed E-state index contributed by atoms with van der Waals surface area (Å²) in [5.74, 6) is 1.54. The Bertz CT molecular complexity index is 1070. The van der Waals surface area contributed by atoms with Crippen LogP contribution in [0, 0.1) is 6.92 Å². The van der Waals surface area contributed by atoms with Crippen LogP contribution in [0.2, 0.25) is 0 Å². The second-order valence-corrected chi connectivity index (χ2v) is 8.23. The summed E-state index contributed by atoms with van der Waals surface area (Å²) < 4.78 is 7.63. The number of nitrogens with zero attached hydrogens (tertiary/aromatic N) is 3. The first-order valence-electron chi connectivity index (χ1n) is 10.2. The molecule has 0 aliphatic heterocycles. The van der Waals surface area contributed by atoms with Gasteiger partial charge in [0.1, 0.15) is 6.61 Å². The predicted molar refractivity (Wildman–Crippen MR) is 108 cm³/mol. The molecular formula is C23H25N3O2. The van der Waals surface area contributed by atoms with E-state index in [9.17, 15) is 4.79 Å². The molecule has 2 aliphatic rings. The Hall–Kier alpha value is -2.69. The lowest BCUT2D eigenvalue weighted by Crippen LogP contribution is -2.15. The molecule has 0 unspecified atom stereocenters. The van der Waals surface area contributed by atoms with Crippen LogP contribution in [0.15, 0.2) is 30.3 Å². The Morgan fingerprint density at radius 1 is 1.25 bits per heavy atom. The molecule has 5 heteroatoms. The number of carbonyl (C=O) groups is 1. The molecule has 28 heavy (non-hydrogen) atoms. The molecule has 144 valence electrons. The molecule has 5 rings (SSSR count). The minimum atomic E-state index is 0.0734. The van der Waals surface area contributed by atoms with Crippen LogP contribution in [-0.4, -0.2) is 27.2 Å². The highest BCUT2D eigenvalue weighted by Crippen LogP contribution is 2.43. The van der Waals surface area contributed by atoms with Crippen LogP contribution in [0.3, 0.4) is 0 Å². The molecule has 3 aromatic rings. The number of benzene rings is 1. The summed E-state index contributed by atoms with van der Waals surface area (Å²) in [6.45, 7) is 2.14. The molecule has 1 atom stereocenters. The largest absolute Gasteiger partial charge is 0.470 e. The molecule has 5 nitrogen and oxygen atoms in total. The highest BCUT2D eigenvalue weighted by Gasteiger charge is 2.30. The quantitative estimate of drug-likeness (QED) is 0.647. The zero-order chi connectivity index (χ0) is 19.3. The summed E-state index contributed by atoms with van der Waals surface area (Å²) in [4.78, 5) is 17.2. The minimum Gasteiger partial charge on any atom is -0.470 e. The molecule has 0 radical (unpaired) electrons. The average molecular weight is 375 g/mol. The number of ether oxygens (including phenoxy) is 1. The standard InChI is InChI=1S/C23H25N3O2/c1-14-11-20(24-23-21(14)22(16-8-9-16)25-26(23)2)28-13-18(27)12-17-10-7-15-5-3-4-6-19(15)17/h3-6,11,16-17H,7-10,12-13H2,1-2H3/t17-/m1/s1. The van der Waals surface area contributed by atoms with Gasteiger partial charge in [-0.15, -0.1) is 0 Å². The molecule has 0 bridgehead atoms. The van der Waals surface area contributed by atoms with Gasteiger partial charge in [-0.3, -0.25) is 9.48 Å². The van der Waals surface area contributed by atoms with E-state index in [1.54, 1.807) is 0 Å². The molecule has 0 N–H and O–H groups in total. The molecule has 0 amide bonds. The van der Waals surface area contributed by atoms with Crippen LogP contribution in [-0.2, 0) is 18.3 Å². The summed E-state index contributed by atoms with van der Waals surface area (Å²) in [7, 11) is 1.92. The van der Waals surface area contributed by atoms with E-state index in [0.29, 0.717) is 24.1 Å². The maximum Gasteiger partial charge on any atom is 0.215 e. The number of aromatic nitrogens is 3. The second-order valence-electron chi connectivity index (χ2n) is 8.23. The van der Waals surface area contributed by atoms with Gasteiger partial charge in [-0.2, -0.15) is 10.1 Å². The molecule has 2 aromatic heterocycles. The number of rotatable bonds is 6. The highest BCUT2D eigenvalue weighted by molar-refractivity contribution is 5.84. The number of Topliss-reactive ketones (excluding diaryl/α,β-unsaturated/α-hetero) is 1. The molecule has 2 aliphatic carbocycles. The van der Waals surface area contributed by atoms with Crippen LogP contribution in [0.5, 0.6) is 5.88 Å². The van der Waals surface area contributed by atoms with E-state index in [0.717, 1.165) is 35.1 Å². The lowest BCUT2D eigenvalue weighted by molar-refractivity contribution is -0.121. The summed E-state index contributed by atoms with van der Waals surface area (Å²) in [5.41, 5.74) is 5.83. The number of ketones is 1. The number of pyridine rings is 1. The van der Waals surface area contributed by atoms with Gasteiger partial charge < -0.3 is 4.74 Å². The number of hydrogen-bond donors (Lipinski definition) is 0. The van der Waals surface area contributed by atoms with Crippen molar-refractivity contribution >= 4 is 16.8 Å². The monoisotopic (exact) mass is 375 g/mol. The van der Waals surface area contributed by atoms with Crippen LogP contribution in [0.4, 0.5) is 0 Å². The van der Waals surface area contributed by atoms with Crippen molar-refractivity contribution < 1.29 is 9.53 Å². The van der Waals surface area contributed by atoms with Crippen molar-refractivity contribution in [1.82, 2.24) is 14.8 Å². The van der Waals surface area contributed by atoms with Gasteiger partial charge in [-0.25, -0.2) is 0 Å². The van der Waals surface area contributed by atoms with Crippen molar-refractivity contribution in [3.8, 4) is 5.88 Å². The Morgan fingerprint density at radius 2 is 2.07 bits per heavy atom. The Balaban J connectivity index is 1.28. The van der Waals surface area contributed by atoms with Crippen molar-refractivity contribution in [3.05, 3.63) is 52.7 Å². The van der Waals surface area contributed by atoms with Crippen LogP contribution in [0.25, 0.3) is 11.0 Å². The molecule has 0 spiro atoms. The van der Waals surface area contributed by atoms with Gasteiger partial charge in [-0.05, 0) is 55.2 Å². The van der Waals surface area contributed by atoms with Crippen molar-refractivity contribution in [2.45, 2.75) is 50.9 Å². The van der Waals surface area contributed by atoms with Gasteiger partial charge in [0.2, 0.25) is 5.88 Å². The predicted octanol–water partition coefficient (Wildman–Crippen LogP) is 4.22. The minimum absolute atomic E-state index is 0.0734. The maximum absolute atomic E-state index is 12.5. The fourth-order valence-corrected chi connectivity index (χ4v) is 4.50. The number of fused-ring (bicyclic) bond motifs is 2. The third kappa shape index (κ3) is 3.09. The smallest absolute Gasteiger partial charge is 0.215 e. The lowest BCUT2D eigenvalue weighted by Gasteiger charge is -2.11. The van der Waals surface area contributed by atoms with E-state index in [4.69, 9.17) is 4.74 Å². The summed E-state index contributed by atoms with van der Waals surface area (Å²) in [6, 6.07) is 10.4. The van der Waals surface area contributed by atoms with E-state index >= 15 is 0 Å². The first-order chi connectivity index (χ1) is 13.6. The highest BCUT2D eigenvalue weighted by atomic mass is 16.5. The molecule has 1 saturated carbocycles. The van der Waals surface area contributed by atoms with Gasteiger partial charge in [0.15, 0.2) is 11.4 Å². The first kappa shape index (κ1) is 17.4. The summed E-state index contributed by atoms with van der Waals surface area (Å²) >= 11 is 0. The third-order valence-corrected chi connectivity index (χ3v) is 6.07. The Labute approximate surface area is 164 Å². The molecule has 1 fully saturated rings. The van der Waals surface area contributed by atoms with Crippen molar-refractivity contribution in [2.24, 2.45) is 7.05 Å². The SMILES string of the molecule is Cc1cc(OCC(=O)C[C@H]2CCc3ccccc32)nc2c1c(C1CC1)nn2C. The maximum atomic E-state index is 12.5. The zero-order valence-electron chi connectivity index (χ0n) is 16.4. The zero-order valence-corrected chi connectivity index (χ0v) is 16.4. The third-order valence-electron chi connectivity index (χ3n) is 6.07. The van der Waals surface area contributed by atoms with Gasteiger partial charge in [-0.1, -0.05) is 24.3 Å². The van der Waals surface area contributed by atoms with Crippen molar-refractivity contribution in [2.75, 3.05) is 6.61 Å². The summed E-state index contributed by atoms with van der Waals surface area (Å²) in [6.07, 6.45) is 5.07. The van der Waals surface area contributed by atoms with Gasteiger partial charge in [0.05, 0.1) is 5.69 Å². The Morgan fingerprint density at radius 3 is 2.89 bits per heavy atom. The second kappa shape index (κ2) is 6.73. The van der Waals surface area contributed by atoms with Crippen LogP contribution < -0.4 is 4.74 Å². The summed E-state index contributed by atoms with van der Waals surface area (Å²) in [5, 5.41) is 5.82. The lowest BCUT2D eigenvalue weighted by atomic mass is 9.96.